The third-order valence-electron chi connectivity index (χ3n) is 8.10. The standard InChI is InChI=1S/C41H46IO5/c1-3-16-36(26-42-2)25-37-39(44-28-33-19-10-5-11-20-33)41(46-30-35-23-14-7-15-24-35)40(45-29-34-21-12-6-13-22-34)38(47-37)31-43-27-32-17-8-4-9-18-32/h3-24,37-41H,1,25-31H2,2H3/q-1/b36-16-/t37-,38+,39-,40+,41+/m0/s1. The summed E-state index contributed by atoms with van der Waals surface area (Å²) >= 11 is 0.0354. The van der Waals surface area contributed by atoms with Crippen molar-refractivity contribution in [2.45, 2.75) is 63.4 Å². The number of ether oxygens (including phenoxy) is 5. The molecule has 1 saturated heterocycles. The Morgan fingerprint density at radius 2 is 1.04 bits per heavy atom. The molecular weight excluding hydrogens is 699 g/mol. The number of rotatable bonds is 18. The molecule has 6 heteroatoms. The summed E-state index contributed by atoms with van der Waals surface area (Å²) in [5.41, 5.74) is 5.72. The molecule has 4 aromatic carbocycles. The second kappa shape index (κ2) is 19.6. The first-order chi connectivity index (χ1) is 23.2. The molecule has 47 heavy (non-hydrogen) atoms. The van der Waals surface area contributed by atoms with Gasteiger partial charge < -0.3 is 0 Å². The molecule has 0 unspecified atom stereocenters. The van der Waals surface area contributed by atoms with E-state index in [0.717, 1.165) is 33.1 Å². The van der Waals surface area contributed by atoms with Crippen LogP contribution in [0.1, 0.15) is 28.7 Å². The molecule has 4 aromatic rings. The summed E-state index contributed by atoms with van der Waals surface area (Å²) < 4.78 is 34.9. The van der Waals surface area contributed by atoms with E-state index in [1.54, 1.807) is 0 Å². The van der Waals surface area contributed by atoms with Gasteiger partial charge in [-0.25, -0.2) is 0 Å². The number of hydrogen-bond donors (Lipinski definition) is 0. The Bertz CT molecular complexity index is 1470. The first kappa shape index (κ1) is 35.2. The second-order valence-electron chi connectivity index (χ2n) is 11.7. The molecule has 0 N–H and O–H groups in total. The maximum atomic E-state index is 7.01. The van der Waals surface area contributed by atoms with Gasteiger partial charge in [0.2, 0.25) is 0 Å². The Kier molecular flexibility index (Phi) is 14.7. The molecule has 0 spiro atoms. The second-order valence-corrected chi connectivity index (χ2v) is 14.0. The van der Waals surface area contributed by atoms with Crippen molar-refractivity contribution in [2.24, 2.45) is 0 Å². The molecule has 0 saturated carbocycles. The minimum atomic E-state index is -0.433. The zero-order valence-electron chi connectivity index (χ0n) is 27.2. The molecule has 1 aliphatic heterocycles. The third-order valence-corrected chi connectivity index (χ3v) is 9.84. The van der Waals surface area contributed by atoms with E-state index in [9.17, 15) is 0 Å². The number of allylic oxidation sites excluding steroid dienone is 2. The SMILES string of the molecule is C=C/C=C(\C[I-]C)C[C@@H]1O[C@H](COCc2ccccc2)[C@@H](OCc2ccccc2)[C@H](OCc2ccccc2)[C@H]1OCc1ccccc1. The van der Waals surface area contributed by atoms with Crippen LogP contribution in [0.15, 0.2) is 146 Å². The van der Waals surface area contributed by atoms with Crippen LogP contribution in [-0.4, -0.2) is 46.5 Å². The Balaban J connectivity index is 1.47. The zero-order valence-corrected chi connectivity index (χ0v) is 29.3. The molecule has 1 heterocycles. The van der Waals surface area contributed by atoms with E-state index in [4.69, 9.17) is 23.7 Å². The normalized spacial score (nSPS) is 21.5. The molecule has 1 fully saturated rings. The Morgan fingerprint density at radius 1 is 0.617 bits per heavy atom. The number of benzene rings is 4. The summed E-state index contributed by atoms with van der Waals surface area (Å²) in [5.74, 6) is 0. The predicted molar refractivity (Wildman–Crippen MR) is 184 cm³/mol. The van der Waals surface area contributed by atoms with Gasteiger partial charge in [-0.15, -0.1) is 0 Å². The molecule has 5 rings (SSSR count). The van der Waals surface area contributed by atoms with Crippen molar-refractivity contribution in [2.75, 3.05) is 16.0 Å². The predicted octanol–water partition coefficient (Wildman–Crippen LogP) is 4.95. The Morgan fingerprint density at radius 3 is 1.49 bits per heavy atom. The van der Waals surface area contributed by atoms with Crippen LogP contribution in [0.5, 0.6) is 0 Å². The van der Waals surface area contributed by atoms with Gasteiger partial charge in [-0.2, -0.15) is 0 Å². The van der Waals surface area contributed by atoms with Crippen molar-refractivity contribution in [1.82, 2.24) is 0 Å². The maximum absolute atomic E-state index is 7.01. The molecular formula is C41H46IO5-. The van der Waals surface area contributed by atoms with Crippen molar-refractivity contribution in [3.05, 3.63) is 168 Å². The van der Waals surface area contributed by atoms with Crippen LogP contribution in [0.4, 0.5) is 0 Å². The van der Waals surface area contributed by atoms with Crippen molar-refractivity contribution in [3.8, 4) is 0 Å². The van der Waals surface area contributed by atoms with Crippen LogP contribution in [0, 0.1) is 0 Å². The summed E-state index contributed by atoms with van der Waals surface area (Å²) in [6.45, 7) is 6.15. The van der Waals surface area contributed by atoms with Crippen LogP contribution < -0.4 is 21.2 Å². The van der Waals surface area contributed by atoms with Crippen molar-refractivity contribution in [3.63, 3.8) is 0 Å². The van der Waals surface area contributed by atoms with E-state index in [2.05, 4.69) is 66.1 Å². The summed E-state index contributed by atoms with van der Waals surface area (Å²) in [5, 5.41) is 0. The fourth-order valence-corrected chi connectivity index (χ4v) is 7.36. The van der Waals surface area contributed by atoms with Crippen molar-refractivity contribution < 1.29 is 44.9 Å². The third kappa shape index (κ3) is 11.2. The topological polar surface area (TPSA) is 46.2 Å². The van der Waals surface area contributed by atoms with Gasteiger partial charge in [0.25, 0.3) is 0 Å². The summed E-state index contributed by atoms with van der Waals surface area (Å²) in [4.78, 5) is 2.31. The van der Waals surface area contributed by atoms with Crippen molar-refractivity contribution in [1.29, 1.82) is 0 Å². The number of hydrogen-bond acceptors (Lipinski definition) is 5. The first-order valence-corrected chi connectivity index (χ1v) is 19.9. The molecule has 0 radical (unpaired) electrons. The van der Waals surface area contributed by atoms with Crippen LogP contribution in [0.2, 0.25) is 0 Å². The van der Waals surface area contributed by atoms with Gasteiger partial charge in [0.05, 0.1) is 0 Å². The quantitative estimate of drug-likeness (QED) is 0.0821. The van der Waals surface area contributed by atoms with Crippen LogP contribution in [0.25, 0.3) is 0 Å². The number of alkyl halides is 2. The van der Waals surface area contributed by atoms with Gasteiger partial charge in [0, 0.05) is 0 Å². The van der Waals surface area contributed by atoms with E-state index in [-0.39, 0.29) is 39.5 Å². The molecule has 0 bridgehead atoms. The van der Waals surface area contributed by atoms with Gasteiger partial charge in [0.1, 0.15) is 0 Å². The summed E-state index contributed by atoms with van der Waals surface area (Å²) in [7, 11) is 0. The summed E-state index contributed by atoms with van der Waals surface area (Å²) in [6, 6.07) is 41.0. The monoisotopic (exact) mass is 745 g/mol. The summed E-state index contributed by atoms with van der Waals surface area (Å²) in [6.07, 6.45) is 2.89. The van der Waals surface area contributed by atoms with Crippen LogP contribution in [-0.2, 0) is 50.1 Å². The van der Waals surface area contributed by atoms with Gasteiger partial charge >= 0.3 is 280 Å². The molecule has 5 nitrogen and oxygen atoms in total. The molecule has 0 aliphatic carbocycles. The van der Waals surface area contributed by atoms with Gasteiger partial charge in [0.15, 0.2) is 0 Å². The molecule has 5 atom stereocenters. The van der Waals surface area contributed by atoms with E-state index >= 15 is 0 Å². The fourth-order valence-electron chi connectivity index (χ4n) is 5.81. The average molecular weight is 746 g/mol. The van der Waals surface area contributed by atoms with Crippen LogP contribution >= 0.6 is 0 Å². The van der Waals surface area contributed by atoms with Gasteiger partial charge in [-0.05, 0) is 0 Å². The van der Waals surface area contributed by atoms with Crippen molar-refractivity contribution >= 4 is 0 Å². The Hall–Kier alpha value is -3.11. The molecule has 1 aliphatic rings. The first-order valence-electron chi connectivity index (χ1n) is 16.2. The molecule has 0 amide bonds. The Labute approximate surface area is 290 Å². The van der Waals surface area contributed by atoms with E-state index in [0.29, 0.717) is 33.0 Å². The minimum absolute atomic E-state index is 0.0354. The fraction of sp³-hybridized carbons (Fsp3) is 0.317. The molecule has 0 aromatic heterocycles. The van der Waals surface area contributed by atoms with E-state index in [1.165, 1.54) is 5.57 Å². The van der Waals surface area contributed by atoms with Gasteiger partial charge in [-0.1, -0.05) is 12.1 Å². The van der Waals surface area contributed by atoms with E-state index in [1.807, 2.05) is 78.9 Å². The van der Waals surface area contributed by atoms with Crippen LogP contribution in [0.3, 0.4) is 0 Å². The zero-order chi connectivity index (χ0) is 32.5. The average Bonchev–Trinajstić information content (AvgIpc) is 3.12. The number of halogens is 1. The van der Waals surface area contributed by atoms with Gasteiger partial charge in [-0.3, -0.25) is 0 Å². The molecule has 248 valence electrons. The van der Waals surface area contributed by atoms with E-state index < -0.39 is 12.2 Å².